The van der Waals surface area contributed by atoms with Crippen LogP contribution in [0.4, 0.5) is 0 Å². The second kappa shape index (κ2) is 7.83. The predicted octanol–water partition coefficient (Wildman–Crippen LogP) is 2.62. The zero-order valence-corrected chi connectivity index (χ0v) is 14.2. The summed E-state index contributed by atoms with van der Waals surface area (Å²) in [5.74, 6) is 0.946. The van der Waals surface area contributed by atoms with Crippen LogP contribution in [0.1, 0.15) is 23.2 Å². The van der Waals surface area contributed by atoms with Crippen molar-refractivity contribution < 1.29 is 14.3 Å². The Morgan fingerprint density at radius 2 is 1.72 bits per heavy atom. The summed E-state index contributed by atoms with van der Waals surface area (Å²) in [6.07, 6.45) is 1.97. The van der Waals surface area contributed by atoms with Crippen LogP contribution in [0.25, 0.3) is 11.1 Å². The Kier molecular flexibility index (Phi) is 5.33. The lowest BCUT2D eigenvalue weighted by molar-refractivity contribution is -0.122. The van der Waals surface area contributed by atoms with Crippen molar-refractivity contribution in [2.24, 2.45) is 5.92 Å². The van der Waals surface area contributed by atoms with E-state index in [4.69, 9.17) is 4.74 Å². The summed E-state index contributed by atoms with van der Waals surface area (Å²) in [6, 6.07) is 15.2. The SMILES string of the molecule is COc1cccc(-c2ccc(C(=O)NCCNC(=O)C3CC3)cc2)c1. The molecular formula is C20H22N2O3. The van der Waals surface area contributed by atoms with Gasteiger partial charge in [-0.3, -0.25) is 9.59 Å². The average molecular weight is 338 g/mol. The largest absolute Gasteiger partial charge is 0.497 e. The van der Waals surface area contributed by atoms with Crippen LogP contribution in [0.5, 0.6) is 5.75 Å². The van der Waals surface area contributed by atoms with E-state index in [9.17, 15) is 9.59 Å². The number of ether oxygens (including phenoxy) is 1. The Balaban J connectivity index is 1.52. The van der Waals surface area contributed by atoms with Crippen LogP contribution in [0.15, 0.2) is 48.5 Å². The highest BCUT2D eigenvalue weighted by molar-refractivity contribution is 5.94. The van der Waals surface area contributed by atoms with Gasteiger partial charge in [0.2, 0.25) is 5.91 Å². The summed E-state index contributed by atoms with van der Waals surface area (Å²) in [5.41, 5.74) is 2.65. The Morgan fingerprint density at radius 3 is 2.40 bits per heavy atom. The zero-order chi connectivity index (χ0) is 17.6. The Hall–Kier alpha value is -2.82. The van der Waals surface area contributed by atoms with Gasteiger partial charge >= 0.3 is 0 Å². The summed E-state index contributed by atoms with van der Waals surface area (Å²) in [7, 11) is 1.64. The van der Waals surface area contributed by atoms with E-state index in [1.165, 1.54) is 0 Å². The number of methoxy groups -OCH3 is 1. The molecule has 0 bridgehead atoms. The van der Waals surface area contributed by atoms with E-state index in [-0.39, 0.29) is 17.7 Å². The molecule has 1 fully saturated rings. The third-order valence-electron chi connectivity index (χ3n) is 4.21. The summed E-state index contributed by atoms with van der Waals surface area (Å²) in [6.45, 7) is 0.887. The molecule has 2 aromatic carbocycles. The van der Waals surface area contributed by atoms with Crippen molar-refractivity contribution in [3.63, 3.8) is 0 Å². The van der Waals surface area contributed by atoms with E-state index >= 15 is 0 Å². The molecule has 0 saturated heterocycles. The maximum absolute atomic E-state index is 12.1. The van der Waals surface area contributed by atoms with Gasteiger partial charge in [-0.1, -0.05) is 24.3 Å². The molecule has 3 rings (SSSR count). The molecule has 2 aromatic rings. The van der Waals surface area contributed by atoms with E-state index in [0.29, 0.717) is 18.7 Å². The summed E-state index contributed by atoms with van der Waals surface area (Å²) < 4.78 is 5.23. The number of hydrogen-bond donors (Lipinski definition) is 2. The van der Waals surface area contributed by atoms with Crippen molar-refractivity contribution >= 4 is 11.8 Å². The van der Waals surface area contributed by atoms with E-state index < -0.39 is 0 Å². The van der Waals surface area contributed by atoms with Crippen LogP contribution < -0.4 is 15.4 Å². The highest BCUT2D eigenvalue weighted by Gasteiger charge is 2.28. The first-order valence-corrected chi connectivity index (χ1v) is 8.48. The van der Waals surface area contributed by atoms with Gasteiger partial charge in [0.15, 0.2) is 0 Å². The third-order valence-corrected chi connectivity index (χ3v) is 4.21. The molecule has 1 aliphatic carbocycles. The molecule has 0 aromatic heterocycles. The van der Waals surface area contributed by atoms with Gasteiger partial charge in [-0.2, -0.15) is 0 Å². The maximum atomic E-state index is 12.1. The van der Waals surface area contributed by atoms with Crippen LogP contribution in [0.2, 0.25) is 0 Å². The second-order valence-corrected chi connectivity index (χ2v) is 6.13. The lowest BCUT2D eigenvalue weighted by Crippen LogP contribution is -2.35. The first-order valence-electron chi connectivity index (χ1n) is 8.48. The fraction of sp³-hybridized carbons (Fsp3) is 0.300. The van der Waals surface area contributed by atoms with Crippen molar-refractivity contribution in [2.45, 2.75) is 12.8 Å². The molecule has 0 aliphatic heterocycles. The monoisotopic (exact) mass is 338 g/mol. The van der Waals surface area contributed by atoms with Crippen LogP contribution in [-0.2, 0) is 4.79 Å². The zero-order valence-electron chi connectivity index (χ0n) is 14.2. The molecule has 1 saturated carbocycles. The van der Waals surface area contributed by atoms with Gasteiger partial charge in [-0.05, 0) is 48.2 Å². The number of rotatable bonds is 7. The van der Waals surface area contributed by atoms with Crippen molar-refractivity contribution in [1.29, 1.82) is 0 Å². The molecule has 0 atom stereocenters. The van der Waals surface area contributed by atoms with Gasteiger partial charge in [0, 0.05) is 24.6 Å². The lowest BCUT2D eigenvalue weighted by atomic mass is 10.0. The van der Waals surface area contributed by atoms with Crippen LogP contribution in [-0.4, -0.2) is 32.0 Å². The minimum atomic E-state index is -0.141. The molecule has 5 heteroatoms. The molecule has 5 nitrogen and oxygen atoms in total. The topological polar surface area (TPSA) is 67.4 Å². The molecule has 0 unspecified atom stereocenters. The third kappa shape index (κ3) is 4.59. The van der Waals surface area contributed by atoms with E-state index in [2.05, 4.69) is 10.6 Å². The number of hydrogen-bond acceptors (Lipinski definition) is 3. The highest BCUT2D eigenvalue weighted by atomic mass is 16.5. The Bertz CT molecular complexity index is 752. The van der Waals surface area contributed by atoms with E-state index in [1.54, 1.807) is 19.2 Å². The van der Waals surface area contributed by atoms with Gasteiger partial charge < -0.3 is 15.4 Å². The molecule has 0 radical (unpaired) electrons. The molecule has 25 heavy (non-hydrogen) atoms. The molecule has 0 heterocycles. The summed E-state index contributed by atoms with van der Waals surface area (Å²) >= 11 is 0. The fourth-order valence-corrected chi connectivity index (χ4v) is 2.57. The first kappa shape index (κ1) is 17.0. The number of carbonyl (C=O) groups is 2. The fourth-order valence-electron chi connectivity index (χ4n) is 2.57. The molecule has 0 spiro atoms. The Labute approximate surface area is 147 Å². The quantitative estimate of drug-likeness (QED) is 0.763. The highest BCUT2D eigenvalue weighted by Crippen LogP contribution is 2.28. The molecule has 2 N–H and O–H groups in total. The smallest absolute Gasteiger partial charge is 0.251 e. The van der Waals surface area contributed by atoms with Gasteiger partial charge in [0.25, 0.3) is 5.91 Å². The first-order chi connectivity index (χ1) is 12.2. The molecular weight excluding hydrogens is 316 g/mol. The van der Waals surface area contributed by atoms with Crippen LogP contribution >= 0.6 is 0 Å². The van der Waals surface area contributed by atoms with Crippen molar-refractivity contribution in [3.8, 4) is 16.9 Å². The van der Waals surface area contributed by atoms with Crippen LogP contribution in [0, 0.1) is 5.92 Å². The number of amides is 2. The van der Waals surface area contributed by atoms with E-state index in [1.807, 2.05) is 36.4 Å². The Morgan fingerprint density at radius 1 is 1.00 bits per heavy atom. The van der Waals surface area contributed by atoms with Crippen molar-refractivity contribution in [3.05, 3.63) is 54.1 Å². The van der Waals surface area contributed by atoms with Crippen molar-refractivity contribution in [1.82, 2.24) is 10.6 Å². The predicted molar refractivity (Wildman–Crippen MR) is 96.5 cm³/mol. The standard InChI is InChI=1S/C20H22N2O3/c1-25-18-4-2-3-17(13-18)14-5-7-15(8-6-14)19(23)21-11-12-22-20(24)16-9-10-16/h2-8,13,16H,9-12H2,1H3,(H,21,23)(H,22,24). The van der Waals surface area contributed by atoms with Gasteiger partial charge in [0.1, 0.15) is 5.75 Å². The summed E-state index contributed by atoms with van der Waals surface area (Å²) in [4.78, 5) is 23.6. The molecule has 130 valence electrons. The van der Waals surface area contributed by atoms with Gasteiger partial charge in [-0.15, -0.1) is 0 Å². The number of nitrogens with one attached hydrogen (secondary N) is 2. The van der Waals surface area contributed by atoms with Gasteiger partial charge in [0.05, 0.1) is 7.11 Å². The molecule has 1 aliphatic rings. The number of benzene rings is 2. The molecule has 2 amide bonds. The van der Waals surface area contributed by atoms with Gasteiger partial charge in [-0.25, -0.2) is 0 Å². The minimum Gasteiger partial charge on any atom is -0.497 e. The van der Waals surface area contributed by atoms with E-state index in [0.717, 1.165) is 29.7 Å². The van der Waals surface area contributed by atoms with Crippen molar-refractivity contribution in [2.75, 3.05) is 20.2 Å². The normalized spacial score (nSPS) is 13.2. The number of carbonyl (C=O) groups excluding carboxylic acids is 2. The maximum Gasteiger partial charge on any atom is 0.251 e. The average Bonchev–Trinajstić information content (AvgIpc) is 3.50. The van der Waals surface area contributed by atoms with Crippen LogP contribution in [0.3, 0.4) is 0 Å². The summed E-state index contributed by atoms with van der Waals surface area (Å²) in [5, 5.41) is 5.64. The minimum absolute atomic E-state index is 0.0943. The lowest BCUT2D eigenvalue weighted by Gasteiger charge is -2.08. The second-order valence-electron chi connectivity index (χ2n) is 6.13.